The Kier molecular flexibility index (Phi) is 2.69. The third-order valence-electron chi connectivity index (χ3n) is 1.80. The molecule has 0 unspecified atom stereocenters. The van der Waals surface area contributed by atoms with Crippen LogP contribution < -0.4 is 0 Å². The molecule has 2 rings (SSSR count). The number of aromatic nitrogens is 4. The van der Waals surface area contributed by atoms with Crippen LogP contribution in [0.3, 0.4) is 0 Å². The fraction of sp³-hybridized carbons (Fsp3) is 0.444. The van der Waals surface area contributed by atoms with E-state index in [1.807, 2.05) is 0 Å². The predicted octanol–water partition coefficient (Wildman–Crippen LogP) is 1.28. The Bertz CT molecular complexity index is 379. The molecule has 0 radical (unpaired) electrons. The number of aromatic amines is 1. The number of nitrogens with zero attached hydrogens (tertiary/aromatic N) is 3. The van der Waals surface area contributed by atoms with Gasteiger partial charge in [-0.25, -0.2) is 15.0 Å². The predicted molar refractivity (Wildman–Crippen MR) is 51.6 cm³/mol. The molecule has 5 nitrogen and oxygen atoms in total. The van der Waals surface area contributed by atoms with Crippen LogP contribution in [0.25, 0.3) is 11.2 Å². The van der Waals surface area contributed by atoms with Crippen LogP contribution >= 0.6 is 0 Å². The van der Waals surface area contributed by atoms with E-state index in [9.17, 15) is 0 Å². The summed E-state index contributed by atoms with van der Waals surface area (Å²) in [5.74, 6) is 0.800. The lowest BCUT2D eigenvalue weighted by Crippen LogP contribution is -1.95. The number of rotatable bonds is 4. The summed E-state index contributed by atoms with van der Waals surface area (Å²) in [4.78, 5) is 15.3. The monoisotopic (exact) mass is 192 g/mol. The third-order valence-corrected chi connectivity index (χ3v) is 1.80. The number of imidazole rings is 1. The van der Waals surface area contributed by atoms with E-state index in [2.05, 4.69) is 26.9 Å². The third kappa shape index (κ3) is 1.88. The minimum Gasteiger partial charge on any atom is -0.374 e. The van der Waals surface area contributed by atoms with Gasteiger partial charge in [-0.15, -0.1) is 0 Å². The number of nitrogens with one attached hydrogen (secondary N) is 1. The Morgan fingerprint density at radius 1 is 1.50 bits per heavy atom. The Morgan fingerprint density at radius 2 is 2.43 bits per heavy atom. The minimum atomic E-state index is 0.504. The van der Waals surface area contributed by atoms with Gasteiger partial charge in [0, 0.05) is 6.61 Å². The molecule has 0 aliphatic rings. The first-order chi connectivity index (χ1) is 6.90. The van der Waals surface area contributed by atoms with Gasteiger partial charge in [-0.3, -0.25) is 0 Å². The summed E-state index contributed by atoms with van der Waals surface area (Å²) in [6.07, 6.45) is 4.21. The zero-order chi connectivity index (χ0) is 9.80. The number of fused-ring (bicyclic) bond motifs is 1. The molecule has 0 saturated carbocycles. The summed E-state index contributed by atoms with van der Waals surface area (Å²) in [6.45, 7) is 3.33. The normalized spacial score (nSPS) is 10.9. The maximum atomic E-state index is 5.36. The van der Waals surface area contributed by atoms with Crippen molar-refractivity contribution >= 4 is 11.2 Å². The van der Waals surface area contributed by atoms with Gasteiger partial charge < -0.3 is 9.72 Å². The van der Waals surface area contributed by atoms with Gasteiger partial charge in [-0.2, -0.15) is 0 Å². The van der Waals surface area contributed by atoms with Crippen LogP contribution in [0, 0.1) is 0 Å². The summed E-state index contributed by atoms with van der Waals surface area (Å²) in [5.41, 5.74) is 1.54. The first-order valence-corrected chi connectivity index (χ1v) is 4.62. The van der Waals surface area contributed by atoms with Gasteiger partial charge in [-0.1, -0.05) is 6.92 Å². The lowest BCUT2D eigenvalue weighted by atomic mass is 10.5. The van der Waals surface area contributed by atoms with Crippen LogP contribution in [-0.2, 0) is 11.3 Å². The van der Waals surface area contributed by atoms with E-state index >= 15 is 0 Å². The number of hydrogen-bond acceptors (Lipinski definition) is 4. The molecule has 0 aromatic carbocycles. The average molecular weight is 192 g/mol. The highest BCUT2D eigenvalue weighted by Gasteiger charge is 2.02. The van der Waals surface area contributed by atoms with Crippen LogP contribution in [0.15, 0.2) is 12.5 Å². The minimum absolute atomic E-state index is 0.504. The largest absolute Gasteiger partial charge is 0.374 e. The lowest BCUT2D eigenvalue weighted by Gasteiger charge is -1.97. The van der Waals surface area contributed by atoms with Crippen molar-refractivity contribution in [2.75, 3.05) is 6.61 Å². The van der Waals surface area contributed by atoms with Gasteiger partial charge in [-0.05, 0) is 6.42 Å². The van der Waals surface area contributed by atoms with Crippen LogP contribution in [0.1, 0.15) is 19.2 Å². The van der Waals surface area contributed by atoms with Gasteiger partial charge in [0.15, 0.2) is 5.65 Å². The van der Waals surface area contributed by atoms with Crippen molar-refractivity contribution in [1.82, 2.24) is 19.9 Å². The van der Waals surface area contributed by atoms with E-state index < -0.39 is 0 Å². The topological polar surface area (TPSA) is 63.7 Å². The van der Waals surface area contributed by atoms with Crippen molar-refractivity contribution in [3.8, 4) is 0 Å². The fourth-order valence-corrected chi connectivity index (χ4v) is 1.19. The van der Waals surface area contributed by atoms with Gasteiger partial charge in [0.25, 0.3) is 0 Å². The second kappa shape index (κ2) is 4.15. The molecule has 14 heavy (non-hydrogen) atoms. The molecule has 0 bridgehead atoms. The molecule has 2 aromatic heterocycles. The highest BCUT2D eigenvalue weighted by molar-refractivity contribution is 5.68. The first kappa shape index (κ1) is 9.08. The zero-order valence-corrected chi connectivity index (χ0v) is 8.03. The van der Waals surface area contributed by atoms with Gasteiger partial charge >= 0.3 is 0 Å². The van der Waals surface area contributed by atoms with Crippen molar-refractivity contribution in [3.63, 3.8) is 0 Å². The first-order valence-electron chi connectivity index (χ1n) is 4.62. The van der Waals surface area contributed by atoms with Gasteiger partial charge in [0.2, 0.25) is 0 Å². The second-order valence-corrected chi connectivity index (χ2v) is 3.00. The van der Waals surface area contributed by atoms with Gasteiger partial charge in [0.05, 0.1) is 6.20 Å². The molecule has 1 N–H and O–H groups in total. The summed E-state index contributed by atoms with van der Waals surface area (Å²) in [6, 6.07) is 0. The van der Waals surface area contributed by atoms with Crippen molar-refractivity contribution < 1.29 is 4.74 Å². The summed E-state index contributed by atoms with van der Waals surface area (Å²) < 4.78 is 5.36. The molecular formula is C9H12N4O. The Hall–Kier alpha value is -1.49. The Labute approximate surface area is 81.6 Å². The molecule has 0 fully saturated rings. The van der Waals surface area contributed by atoms with E-state index in [4.69, 9.17) is 4.74 Å². The van der Waals surface area contributed by atoms with Crippen LogP contribution in [-0.4, -0.2) is 26.5 Å². The molecule has 2 heterocycles. The smallest absolute Gasteiger partial charge is 0.180 e. The molecular weight excluding hydrogens is 180 g/mol. The molecule has 74 valence electrons. The lowest BCUT2D eigenvalue weighted by molar-refractivity contribution is 0.117. The number of H-pyrrole nitrogens is 1. The Balaban J connectivity index is 2.11. The van der Waals surface area contributed by atoms with Crippen LogP contribution in [0.2, 0.25) is 0 Å². The highest BCUT2D eigenvalue weighted by Crippen LogP contribution is 2.06. The van der Waals surface area contributed by atoms with E-state index in [1.165, 1.54) is 6.33 Å². The average Bonchev–Trinajstić information content (AvgIpc) is 2.60. The molecule has 0 spiro atoms. The second-order valence-electron chi connectivity index (χ2n) is 3.00. The molecule has 5 heteroatoms. The Morgan fingerprint density at radius 3 is 3.21 bits per heavy atom. The molecule has 0 atom stereocenters. The van der Waals surface area contributed by atoms with Crippen LogP contribution in [0.5, 0.6) is 0 Å². The molecule has 0 saturated heterocycles. The maximum absolute atomic E-state index is 5.36. The molecule has 0 aliphatic heterocycles. The van der Waals surface area contributed by atoms with Crippen molar-refractivity contribution in [3.05, 3.63) is 18.3 Å². The van der Waals surface area contributed by atoms with Crippen molar-refractivity contribution in [2.45, 2.75) is 20.0 Å². The van der Waals surface area contributed by atoms with Gasteiger partial charge in [0.1, 0.15) is 24.3 Å². The molecule has 0 aliphatic carbocycles. The fourth-order valence-electron chi connectivity index (χ4n) is 1.19. The number of ether oxygens (including phenoxy) is 1. The molecule has 2 aromatic rings. The van der Waals surface area contributed by atoms with Crippen LogP contribution in [0.4, 0.5) is 0 Å². The van der Waals surface area contributed by atoms with E-state index in [-0.39, 0.29) is 0 Å². The highest BCUT2D eigenvalue weighted by atomic mass is 16.5. The zero-order valence-electron chi connectivity index (χ0n) is 8.03. The quantitative estimate of drug-likeness (QED) is 0.741. The van der Waals surface area contributed by atoms with E-state index in [1.54, 1.807) is 6.20 Å². The molecule has 0 amide bonds. The summed E-state index contributed by atoms with van der Waals surface area (Å²) in [5, 5.41) is 0. The maximum Gasteiger partial charge on any atom is 0.180 e. The van der Waals surface area contributed by atoms with E-state index in [0.717, 1.165) is 24.4 Å². The van der Waals surface area contributed by atoms with Crippen molar-refractivity contribution in [2.24, 2.45) is 0 Å². The standard InChI is InChI=1S/C9H12N4O/c1-2-3-14-5-8-12-7-4-10-6-11-9(7)13-8/h4,6H,2-3,5H2,1H3,(H,10,11,12,13). The summed E-state index contributed by atoms with van der Waals surface area (Å²) in [7, 11) is 0. The SMILES string of the molecule is CCCOCc1nc2ncncc2[nH]1. The van der Waals surface area contributed by atoms with E-state index in [0.29, 0.717) is 12.3 Å². The summed E-state index contributed by atoms with van der Waals surface area (Å²) >= 11 is 0. The number of hydrogen-bond donors (Lipinski definition) is 1. The van der Waals surface area contributed by atoms with Crippen molar-refractivity contribution in [1.29, 1.82) is 0 Å².